The van der Waals surface area contributed by atoms with E-state index >= 15 is 0 Å². The van der Waals surface area contributed by atoms with Crippen LogP contribution in [-0.4, -0.2) is 49.2 Å². The van der Waals surface area contributed by atoms with Crippen molar-refractivity contribution in [1.82, 2.24) is 10.2 Å². The van der Waals surface area contributed by atoms with Crippen molar-refractivity contribution in [2.24, 2.45) is 0 Å². The molecule has 0 spiro atoms. The molecule has 0 aromatic rings. The number of likely N-dealkylation sites (N-methyl/N-ethyl adjacent to an activating group) is 1. The molecule has 0 fully saturated rings. The molecule has 82 valence electrons. The van der Waals surface area contributed by atoms with Gasteiger partial charge in [-0.05, 0) is 33.5 Å². The zero-order valence-corrected chi connectivity index (χ0v) is 8.99. The van der Waals surface area contributed by atoms with Crippen molar-refractivity contribution in [2.45, 2.75) is 18.9 Å². The van der Waals surface area contributed by atoms with E-state index in [1.54, 1.807) is 25.1 Å². The van der Waals surface area contributed by atoms with Crippen LogP contribution < -0.4 is 5.32 Å². The van der Waals surface area contributed by atoms with Gasteiger partial charge >= 0.3 is 5.97 Å². The molecule has 1 unspecified atom stereocenters. The first-order valence-electron chi connectivity index (χ1n) is 4.80. The SMILES string of the molecule is C=CCNCCCC(C(=O)O)N(C)C. The second kappa shape index (κ2) is 7.53. The highest BCUT2D eigenvalue weighted by molar-refractivity contribution is 5.73. The summed E-state index contributed by atoms with van der Waals surface area (Å²) in [5, 5.41) is 12.0. The first-order valence-corrected chi connectivity index (χ1v) is 4.80. The van der Waals surface area contributed by atoms with Gasteiger partial charge in [0.05, 0.1) is 0 Å². The molecule has 0 aromatic carbocycles. The van der Waals surface area contributed by atoms with Crippen LogP contribution in [0.1, 0.15) is 12.8 Å². The molecule has 0 aromatic heterocycles. The number of nitrogens with one attached hydrogen (secondary N) is 1. The van der Waals surface area contributed by atoms with Gasteiger partial charge in [0.25, 0.3) is 0 Å². The van der Waals surface area contributed by atoms with Gasteiger partial charge in [-0.15, -0.1) is 6.58 Å². The lowest BCUT2D eigenvalue weighted by atomic mass is 10.1. The molecule has 0 aliphatic heterocycles. The normalized spacial score (nSPS) is 12.8. The molecule has 0 aliphatic rings. The first kappa shape index (κ1) is 13.1. The summed E-state index contributed by atoms with van der Waals surface area (Å²) in [7, 11) is 3.58. The topological polar surface area (TPSA) is 52.6 Å². The summed E-state index contributed by atoms with van der Waals surface area (Å²) >= 11 is 0. The van der Waals surface area contributed by atoms with E-state index in [1.165, 1.54) is 0 Å². The third-order valence-electron chi connectivity index (χ3n) is 2.03. The predicted molar refractivity (Wildman–Crippen MR) is 57.4 cm³/mol. The van der Waals surface area contributed by atoms with Crippen LogP contribution in [0.5, 0.6) is 0 Å². The number of hydrogen-bond acceptors (Lipinski definition) is 3. The van der Waals surface area contributed by atoms with Crippen molar-refractivity contribution in [3.63, 3.8) is 0 Å². The Kier molecular flexibility index (Phi) is 7.06. The molecule has 4 nitrogen and oxygen atoms in total. The van der Waals surface area contributed by atoms with Crippen LogP contribution in [0.15, 0.2) is 12.7 Å². The average molecular weight is 200 g/mol. The van der Waals surface area contributed by atoms with Gasteiger partial charge in [-0.3, -0.25) is 9.69 Å². The molecule has 0 rings (SSSR count). The molecule has 0 heterocycles. The molecule has 1 atom stereocenters. The Labute approximate surface area is 85.6 Å². The predicted octanol–water partition coefficient (Wildman–Crippen LogP) is 0.557. The summed E-state index contributed by atoms with van der Waals surface area (Å²) in [6.45, 7) is 5.20. The molecule has 4 heteroatoms. The van der Waals surface area contributed by atoms with Crippen LogP contribution in [0.2, 0.25) is 0 Å². The van der Waals surface area contributed by atoms with Crippen LogP contribution in [0.3, 0.4) is 0 Å². The fourth-order valence-electron chi connectivity index (χ4n) is 1.23. The van der Waals surface area contributed by atoms with Crippen LogP contribution in [0.25, 0.3) is 0 Å². The zero-order valence-electron chi connectivity index (χ0n) is 8.99. The van der Waals surface area contributed by atoms with Crippen molar-refractivity contribution >= 4 is 5.97 Å². The van der Waals surface area contributed by atoms with E-state index in [1.807, 2.05) is 0 Å². The summed E-state index contributed by atoms with van der Waals surface area (Å²) in [6.07, 6.45) is 3.33. The minimum Gasteiger partial charge on any atom is -0.480 e. The molecule has 0 saturated carbocycles. The number of carboxylic acid groups (broad SMARTS) is 1. The second-order valence-corrected chi connectivity index (χ2v) is 3.45. The summed E-state index contributed by atoms with van der Waals surface area (Å²) in [5.74, 6) is -0.751. The maximum absolute atomic E-state index is 10.8. The summed E-state index contributed by atoms with van der Waals surface area (Å²) < 4.78 is 0. The minimum atomic E-state index is -0.751. The van der Waals surface area contributed by atoms with E-state index in [9.17, 15) is 4.79 Å². The first-order chi connectivity index (χ1) is 6.59. The Morgan fingerprint density at radius 1 is 1.64 bits per heavy atom. The van der Waals surface area contributed by atoms with Gasteiger partial charge in [0.1, 0.15) is 6.04 Å². The number of carbonyl (C=O) groups is 1. The van der Waals surface area contributed by atoms with E-state index in [4.69, 9.17) is 5.11 Å². The maximum Gasteiger partial charge on any atom is 0.320 e. The van der Waals surface area contributed by atoms with E-state index in [0.29, 0.717) is 6.42 Å². The number of carboxylic acids is 1. The lowest BCUT2D eigenvalue weighted by Crippen LogP contribution is -2.36. The Bertz CT molecular complexity index is 181. The molecular weight excluding hydrogens is 180 g/mol. The van der Waals surface area contributed by atoms with E-state index < -0.39 is 5.97 Å². The smallest absolute Gasteiger partial charge is 0.320 e. The summed E-state index contributed by atoms with van der Waals surface area (Å²) in [5.41, 5.74) is 0. The van der Waals surface area contributed by atoms with Crippen molar-refractivity contribution in [2.75, 3.05) is 27.2 Å². The minimum absolute atomic E-state index is 0.375. The Morgan fingerprint density at radius 2 is 2.29 bits per heavy atom. The highest BCUT2D eigenvalue weighted by Crippen LogP contribution is 2.02. The van der Waals surface area contributed by atoms with Gasteiger partial charge in [0, 0.05) is 6.54 Å². The lowest BCUT2D eigenvalue weighted by Gasteiger charge is -2.19. The van der Waals surface area contributed by atoms with Crippen LogP contribution in [-0.2, 0) is 4.79 Å². The fraction of sp³-hybridized carbons (Fsp3) is 0.700. The third kappa shape index (κ3) is 5.72. The van der Waals surface area contributed by atoms with Crippen LogP contribution in [0.4, 0.5) is 0 Å². The number of nitrogens with zero attached hydrogens (tertiary/aromatic N) is 1. The third-order valence-corrected chi connectivity index (χ3v) is 2.03. The number of hydrogen-bond donors (Lipinski definition) is 2. The molecular formula is C10H20N2O2. The lowest BCUT2D eigenvalue weighted by molar-refractivity contribution is -0.142. The summed E-state index contributed by atoms with van der Waals surface area (Å²) in [4.78, 5) is 12.5. The van der Waals surface area contributed by atoms with Gasteiger partial charge in [-0.2, -0.15) is 0 Å². The zero-order chi connectivity index (χ0) is 11.0. The highest BCUT2D eigenvalue weighted by atomic mass is 16.4. The molecule has 0 radical (unpaired) electrons. The van der Waals surface area contributed by atoms with Crippen molar-refractivity contribution < 1.29 is 9.90 Å². The largest absolute Gasteiger partial charge is 0.480 e. The Hall–Kier alpha value is -0.870. The van der Waals surface area contributed by atoms with E-state index in [-0.39, 0.29) is 6.04 Å². The Balaban J connectivity index is 3.62. The average Bonchev–Trinajstić information content (AvgIpc) is 2.09. The monoisotopic (exact) mass is 200 g/mol. The number of aliphatic carboxylic acids is 1. The molecule has 14 heavy (non-hydrogen) atoms. The van der Waals surface area contributed by atoms with Crippen molar-refractivity contribution in [3.8, 4) is 0 Å². The number of rotatable bonds is 8. The standard InChI is InChI=1S/C10H20N2O2/c1-4-7-11-8-5-6-9(10(13)14)12(2)3/h4,9,11H,1,5-8H2,2-3H3,(H,13,14). The van der Waals surface area contributed by atoms with Gasteiger partial charge < -0.3 is 10.4 Å². The van der Waals surface area contributed by atoms with Crippen molar-refractivity contribution in [1.29, 1.82) is 0 Å². The van der Waals surface area contributed by atoms with Gasteiger partial charge in [0.2, 0.25) is 0 Å². The van der Waals surface area contributed by atoms with E-state index in [0.717, 1.165) is 19.5 Å². The molecule has 2 N–H and O–H groups in total. The van der Waals surface area contributed by atoms with E-state index in [2.05, 4.69) is 11.9 Å². The highest BCUT2D eigenvalue weighted by Gasteiger charge is 2.18. The maximum atomic E-state index is 10.8. The van der Waals surface area contributed by atoms with Crippen LogP contribution in [0, 0.1) is 0 Å². The van der Waals surface area contributed by atoms with Crippen molar-refractivity contribution in [3.05, 3.63) is 12.7 Å². The Morgan fingerprint density at radius 3 is 2.71 bits per heavy atom. The molecule has 0 amide bonds. The van der Waals surface area contributed by atoms with Gasteiger partial charge in [-0.1, -0.05) is 6.08 Å². The van der Waals surface area contributed by atoms with Crippen LogP contribution >= 0.6 is 0 Å². The van der Waals surface area contributed by atoms with Gasteiger partial charge in [-0.25, -0.2) is 0 Å². The molecule has 0 aliphatic carbocycles. The van der Waals surface area contributed by atoms with Gasteiger partial charge in [0.15, 0.2) is 0 Å². The summed E-state index contributed by atoms with van der Waals surface area (Å²) in [6, 6.07) is -0.375. The molecule has 0 bridgehead atoms. The second-order valence-electron chi connectivity index (χ2n) is 3.45. The molecule has 0 saturated heterocycles. The fourth-order valence-corrected chi connectivity index (χ4v) is 1.23. The quantitative estimate of drug-likeness (QED) is 0.444.